The lowest BCUT2D eigenvalue weighted by molar-refractivity contribution is -0.178. The van der Waals surface area contributed by atoms with Gasteiger partial charge in [-0.05, 0) is 17.7 Å². The van der Waals surface area contributed by atoms with E-state index < -0.39 is 53.8 Å². The van der Waals surface area contributed by atoms with Crippen molar-refractivity contribution < 1.29 is 33.2 Å². The summed E-state index contributed by atoms with van der Waals surface area (Å²) in [7, 11) is 0. The third-order valence-electron chi connectivity index (χ3n) is 5.20. The van der Waals surface area contributed by atoms with E-state index in [9.17, 15) is 28.5 Å². The Morgan fingerprint density at radius 1 is 1.03 bits per heavy atom. The maximum absolute atomic E-state index is 13.6. The number of halogens is 3. The quantitative estimate of drug-likeness (QED) is 0.478. The molecular weight excluding hydrogens is 447 g/mol. The minimum absolute atomic E-state index is 0.0164. The molecule has 0 saturated carbocycles. The summed E-state index contributed by atoms with van der Waals surface area (Å²) in [5.41, 5.74) is 0.161. The van der Waals surface area contributed by atoms with Crippen molar-refractivity contribution in [2.24, 2.45) is 0 Å². The number of nitrogens with zero attached hydrogens (tertiary/aromatic N) is 3. The van der Waals surface area contributed by atoms with E-state index in [1.807, 2.05) is 30.3 Å². The predicted molar refractivity (Wildman–Crippen MR) is 110 cm³/mol. The number of hydrogen-bond acceptors (Lipinski definition) is 7. The molecule has 0 radical (unpaired) electrons. The maximum atomic E-state index is 13.6. The molecule has 2 aromatic carbocycles. The molecule has 3 N–H and O–H groups in total. The number of ether oxygens (including phenoxy) is 1. The van der Waals surface area contributed by atoms with Crippen molar-refractivity contribution in [3.63, 3.8) is 0 Å². The summed E-state index contributed by atoms with van der Waals surface area (Å²) in [6.07, 6.45) is -2.29. The van der Waals surface area contributed by atoms with E-state index in [1.165, 1.54) is 18.0 Å². The van der Waals surface area contributed by atoms with Gasteiger partial charge in [0.25, 0.3) is 0 Å². The number of hydrogen-bond donors (Lipinski definition) is 3. The van der Waals surface area contributed by atoms with Crippen LogP contribution in [0.25, 0.3) is 11.3 Å². The first-order valence-corrected chi connectivity index (χ1v) is 10.8. The number of aliphatic hydroxyl groups is 3. The molecule has 1 aliphatic heterocycles. The standard InChI is InChI=1S/C21H20F3N3O4S/c22-13-6-12(7-14(23)17(13)24)15-8-27(26-25-15)18-19(29)16(9-28)31-21(20(18)30)32-10-11-4-2-1-3-5-11/h1-8,16,18-21,28-30H,9-10H2/t16?,18?,19-,20?,21+/m0/s1. The van der Waals surface area contributed by atoms with Crippen molar-refractivity contribution in [2.45, 2.75) is 35.5 Å². The fourth-order valence-electron chi connectivity index (χ4n) is 3.53. The highest BCUT2D eigenvalue weighted by Gasteiger charge is 2.46. The van der Waals surface area contributed by atoms with Crippen LogP contribution in [-0.2, 0) is 10.5 Å². The van der Waals surface area contributed by atoms with Gasteiger partial charge in [-0.15, -0.1) is 16.9 Å². The van der Waals surface area contributed by atoms with Crippen molar-refractivity contribution in [1.82, 2.24) is 15.0 Å². The predicted octanol–water partition coefficient (Wildman–Crippen LogP) is 2.28. The summed E-state index contributed by atoms with van der Waals surface area (Å²) in [5, 5.41) is 38.9. The van der Waals surface area contributed by atoms with E-state index in [0.29, 0.717) is 5.75 Å². The second-order valence-electron chi connectivity index (χ2n) is 7.33. The van der Waals surface area contributed by atoms with Crippen LogP contribution in [0.4, 0.5) is 13.2 Å². The molecule has 11 heteroatoms. The summed E-state index contributed by atoms with van der Waals surface area (Å²) >= 11 is 1.29. The first-order valence-electron chi connectivity index (χ1n) is 9.73. The third-order valence-corrected chi connectivity index (χ3v) is 6.42. The normalized spacial score (nSPS) is 25.8. The van der Waals surface area contributed by atoms with E-state index in [-0.39, 0.29) is 11.3 Å². The summed E-state index contributed by atoms with van der Waals surface area (Å²) < 4.78 is 47.3. The Hall–Kier alpha value is -2.44. The molecular formula is C21H20F3N3O4S. The van der Waals surface area contributed by atoms with Crippen molar-refractivity contribution in [3.05, 3.63) is 71.7 Å². The molecule has 2 heterocycles. The minimum Gasteiger partial charge on any atom is -0.394 e. The van der Waals surface area contributed by atoms with Gasteiger partial charge < -0.3 is 20.1 Å². The van der Waals surface area contributed by atoms with Gasteiger partial charge in [-0.1, -0.05) is 35.5 Å². The maximum Gasteiger partial charge on any atom is 0.194 e. The smallest absolute Gasteiger partial charge is 0.194 e. The van der Waals surface area contributed by atoms with Crippen LogP contribution in [-0.4, -0.2) is 60.7 Å². The largest absolute Gasteiger partial charge is 0.394 e. The van der Waals surface area contributed by atoms with Gasteiger partial charge in [0.15, 0.2) is 17.5 Å². The SMILES string of the molecule is OCC1O[C@H](SCc2ccccc2)C(O)C(n2cc(-c3cc(F)c(F)c(F)c3)nn2)[C@H]1O. The summed E-state index contributed by atoms with van der Waals surface area (Å²) in [6, 6.07) is 9.99. The molecule has 0 amide bonds. The fourth-order valence-corrected chi connectivity index (χ4v) is 4.66. The zero-order valence-corrected chi connectivity index (χ0v) is 17.4. The number of aromatic nitrogens is 3. The molecule has 7 nitrogen and oxygen atoms in total. The Labute approximate surface area is 185 Å². The lowest BCUT2D eigenvalue weighted by atomic mass is 9.97. The Morgan fingerprint density at radius 3 is 2.38 bits per heavy atom. The average Bonchev–Trinajstić information content (AvgIpc) is 3.27. The molecule has 1 aromatic heterocycles. The Kier molecular flexibility index (Phi) is 6.82. The Balaban J connectivity index is 1.58. The minimum atomic E-state index is -1.60. The third kappa shape index (κ3) is 4.52. The molecule has 0 aliphatic carbocycles. The van der Waals surface area contributed by atoms with Gasteiger partial charge in [-0.25, -0.2) is 17.9 Å². The van der Waals surface area contributed by atoms with Crippen LogP contribution in [0, 0.1) is 17.5 Å². The van der Waals surface area contributed by atoms with Gasteiger partial charge in [0.2, 0.25) is 0 Å². The van der Waals surface area contributed by atoms with E-state index in [1.54, 1.807) is 0 Å². The number of benzene rings is 2. The molecule has 1 fully saturated rings. The van der Waals surface area contributed by atoms with Gasteiger partial charge in [-0.3, -0.25) is 0 Å². The van der Waals surface area contributed by atoms with Gasteiger partial charge >= 0.3 is 0 Å². The topological polar surface area (TPSA) is 101 Å². The van der Waals surface area contributed by atoms with Crippen molar-refractivity contribution >= 4 is 11.8 Å². The molecule has 1 saturated heterocycles. The highest BCUT2D eigenvalue weighted by molar-refractivity contribution is 7.99. The van der Waals surface area contributed by atoms with E-state index in [0.717, 1.165) is 22.4 Å². The van der Waals surface area contributed by atoms with Gasteiger partial charge in [0.05, 0.1) is 12.8 Å². The van der Waals surface area contributed by atoms with Crippen molar-refractivity contribution in [2.75, 3.05) is 6.61 Å². The average molecular weight is 467 g/mol. The van der Waals surface area contributed by atoms with Crippen LogP contribution >= 0.6 is 11.8 Å². The first-order chi connectivity index (χ1) is 15.4. The summed E-state index contributed by atoms with van der Waals surface area (Å²) in [5.74, 6) is -3.84. The lowest BCUT2D eigenvalue weighted by Crippen LogP contribution is -2.55. The van der Waals surface area contributed by atoms with E-state index >= 15 is 0 Å². The summed E-state index contributed by atoms with van der Waals surface area (Å²) in [4.78, 5) is 0. The van der Waals surface area contributed by atoms with Crippen LogP contribution in [0.3, 0.4) is 0 Å². The second-order valence-corrected chi connectivity index (χ2v) is 8.42. The second kappa shape index (κ2) is 9.59. The van der Waals surface area contributed by atoms with Crippen LogP contribution in [0.1, 0.15) is 11.6 Å². The zero-order valence-electron chi connectivity index (χ0n) is 16.6. The summed E-state index contributed by atoms with van der Waals surface area (Å²) in [6.45, 7) is -0.497. The van der Waals surface area contributed by atoms with Crippen LogP contribution in [0.2, 0.25) is 0 Å². The molecule has 1 aliphatic rings. The fraction of sp³-hybridized carbons (Fsp3) is 0.333. The number of rotatable bonds is 6. The van der Waals surface area contributed by atoms with Crippen molar-refractivity contribution in [3.8, 4) is 11.3 Å². The molecule has 32 heavy (non-hydrogen) atoms. The molecule has 3 unspecified atom stereocenters. The van der Waals surface area contributed by atoms with Crippen LogP contribution < -0.4 is 0 Å². The first kappa shape index (κ1) is 22.7. The Bertz CT molecular complexity index is 1050. The van der Waals surface area contributed by atoms with E-state index in [4.69, 9.17) is 4.74 Å². The van der Waals surface area contributed by atoms with Gasteiger partial charge in [0.1, 0.15) is 35.5 Å². The molecule has 3 aromatic rings. The highest BCUT2D eigenvalue weighted by Crippen LogP contribution is 2.36. The molecule has 170 valence electrons. The monoisotopic (exact) mass is 467 g/mol. The number of thioether (sulfide) groups is 1. The van der Waals surface area contributed by atoms with Crippen LogP contribution in [0.15, 0.2) is 48.7 Å². The molecule has 0 bridgehead atoms. The van der Waals surface area contributed by atoms with Gasteiger partial charge in [-0.2, -0.15) is 0 Å². The molecule has 4 rings (SSSR count). The van der Waals surface area contributed by atoms with Gasteiger partial charge in [0, 0.05) is 11.3 Å². The Morgan fingerprint density at radius 2 is 1.72 bits per heavy atom. The number of aliphatic hydroxyl groups excluding tert-OH is 3. The van der Waals surface area contributed by atoms with E-state index in [2.05, 4.69) is 10.3 Å². The van der Waals surface area contributed by atoms with Crippen molar-refractivity contribution in [1.29, 1.82) is 0 Å². The zero-order chi connectivity index (χ0) is 22.8. The van der Waals surface area contributed by atoms with Crippen LogP contribution in [0.5, 0.6) is 0 Å². The molecule has 5 atom stereocenters. The highest BCUT2D eigenvalue weighted by atomic mass is 32.2. The molecule has 0 spiro atoms. The lowest BCUT2D eigenvalue weighted by Gasteiger charge is -2.41.